The van der Waals surface area contributed by atoms with Gasteiger partial charge in [0.25, 0.3) is 5.91 Å². The Morgan fingerprint density at radius 1 is 1.35 bits per heavy atom. The predicted molar refractivity (Wildman–Crippen MR) is 86.5 cm³/mol. The first-order chi connectivity index (χ1) is 11.2. The molecule has 23 heavy (non-hydrogen) atoms. The number of hydrogen-bond acceptors (Lipinski definition) is 5. The van der Waals surface area contributed by atoms with Crippen molar-refractivity contribution in [2.24, 2.45) is 0 Å². The fraction of sp³-hybridized carbons (Fsp3) is 0.353. The van der Waals surface area contributed by atoms with Gasteiger partial charge in [-0.3, -0.25) is 9.78 Å². The first-order valence-corrected chi connectivity index (χ1v) is 7.74. The van der Waals surface area contributed by atoms with E-state index in [0.717, 1.165) is 25.9 Å². The van der Waals surface area contributed by atoms with Crippen LogP contribution in [0, 0.1) is 0 Å². The van der Waals surface area contributed by atoms with E-state index < -0.39 is 0 Å². The van der Waals surface area contributed by atoms with Gasteiger partial charge in [-0.2, -0.15) is 0 Å². The third kappa shape index (κ3) is 4.04. The third-order valence-electron chi connectivity index (χ3n) is 3.82. The molecule has 1 N–H and O–H groups in total. The number of rotatable bonds is 4. The van der Waals surface area contributed by atoms with Crippen molar-refractivity contribution in [1.29, 1.82) is 0 Å². The van der Waals surface area contributed by atoms with Gasteiger partial charge in [-0.05, 0) is 50.7 Å². The monoisotopic (exact) mass is 312 g/mol. The number of nitrogens with one attached hydrogen (secondary N) is 1. The number of nitrogens with zero attached hydrogens (tertiary/aromatic N) is 3. The molecule has 0 spiro atoms. The minimum atomic E-state index is -0.155. The molecule has 2 aromatic rings. The average Bonchev–Trinajstić information content (AvgIpc) is 2.56. The summed E-state index contributed by atoms with van der Waals surface area (Å²) in [6, 6.07) is 7.17. The second kappa shape index (κ2) is 7.19. The molecule has 0 saturated carbocycles. The summed E-state index contributed by atoms with van der Waals surface area (Å²) < 4.78 is 5.70. The van der Waals surface area contributed by atoms with E-state index in [-0.39, 0.29) is 11.9 Å². The van der Waals surface area contributed by atoms with Crippen molar-refractivity contribution in [2.75, 3.05) is 20.1 Å². The molecule has 1 aliphatic heterocycles. The van der Waals surface area contributed by atoms with Crippen LogP contribution in [0.25, 0.3) is 0 Å². The smallest absolute Gasteiger partial charge is 0.257 e. The number of amides is 1. The number of hydrogen-bond donors (Lipinski definition) is 1. The molecule has 1 amide bonds. The Hall–Kier alpha value is -2.47. The minimum absolute atomic E-state index is 0.155. The van der Waals surface area contributed by atoms with Crippen LogP contribution >= 0.6 is 0 Å². The Balaban J connectivity index is 1.73. The summed E-state index contributed by atoms with van der Waals surface area (Å²) in [7, 11) is 2.07. The van der Waals surface area contributed by atoms with E-state index in [1.165, 1.54) is 0 Å². The molecule has 1 saturated heterocycles. The lowest BCUT2D eigenvalue weighted by Gasteiger charge is -2.30. The number of ether oxygens (including phenoxy) is 1. The number of carbonyl (C=O) groups is 1. The summed E-state index contributed by atoms with van der Waals surface area (Å²) in [5.74, 6) is 0.692. The normalized spacial score (nSPS) is 18.4. The van der Waals surface area contributed by atoms with Crippen LogP contribution in [0.15, 0.2) is 42.9 Å². The van der Waals surface area contributed by atoms with Crippen LogP contribution in [-0.2, 0) is 0 Å². The summed E-state index contributed by atoms with van der Waals surface area (Å²) in [6.45, 7) is 1.94. The van der Waals surface area contributed by atoms with Crippen LogP contribution < -0.4 is 10.1 Å². The van der Waals surface area contributed by atoms with Gasteiger partial charge in [0.05, 0.1) is 6.20 Å². The summed E-state index contributed by atoms with van der Waals surface area (Å²) in [5, 5.41) is 3.08. The Bertz CT molecular complexity index is 663. The number of likely N-dealkylation sites (N-methyl/N-ethyl adjacent to an activating group) is 1. The summed E-state index contributed by atoms with van der Waals surface area (Å²) in [6.07, 6.45) is 6.95. The largest absolute Gasteiger partial charge is 0.437 e. The number of piperidine rings is 1. The van der Waals surface area contributed by atoms with Crippen LogP contribution in [0.2, 0.25) is 0 Å². The molecule has 1 aliphatic rings. The molecule has 1 atom stereocenters. The highest BCUT2D eigenvalue weighted by Gasteiger charge is 2.21. The van der Waals surface area contributed by atoms with Gasteiger partial charge in [0.15, 0.2) is 0 Å². The van der Waals surface area contributed by atoms with Crippen LogP contribution in [-0.4, -0.2) is 47.0 Å². The van der Waals surface area contributed by atoms with Crippen molar-refractivity contribution in [3.63, 3.8) is 0 Å². The fourth-order valence-electron chi connectivity index (χ4n) is 2.71. The Morgan fingerprint density at radius 3 is 3.00 bits per heavy atom. The lowest BCUT2D eigenvalue weighted by molar-refractivity contribution is 0.0909. The predicted octanol–water partition coefficient (Wildman–Crippen LogP) is 2.09. The highest BCUT2D eigenvalue weighted by atomic mass is 16.5. The maximum absolute atomic E-state index is 12.6. The second-order valence-electron chi connectivity index (χ2n) is 5.72. The molecule has 0 radical (unpaired) electrons. The molecule has 6 heteroatoms. The SMILES string of the molecule is CN1CCC[C@H](NC(=O)c2cccnc2Oc2cccnc2)C1. The van der Waals surface area contributed by atoms with E-state index in [9.17, 15) is 4.79 Å². The molecule has 3 rings (SSSR count). The van der Waals surface area contributed by atoms with Gasteiger partial charge in [0.1, 0.15) is 11.3 Å². The molecule has 2 aromatic heterocycles. The topological polar surface area (TPSA) is 67.4 Å². The van der Waals surface area contributed by atoms with Gasteiger partial charge in [-0.25, -0.2) is 4.98 Å². The van der Waals surface area contributed by atoms with E-state index >= 15 is 0 Å². The van der Waals surface area contributed by atoms with Crippen molar-refractivity contribution in [3.05, 3.63) is 48.4 Å². The number of likely N-dealkylation sites (tertiary alicyclic amines) is 1. The Kier molecular flexibility index (Phi) is 4.83. The summed E-state index contributed by atoms with van der Waals surface area (Å²) >= 11 is 0. The zero-order valence-corrected chi connectivity index (χ0v) is 13.1. The molecule has 1 fully saturated rings. The molecule has 0 aromatic carbocycles. The molecule has 6 nitrogen and oxygen atoms in total. The zero-order valence-electron chi connectivity index (χ0n) is 13.1. The van der Waals surface area contributed by atoms with E-state index in [4.69, 9.17) is 4.74 Å². The molecule has 0 aliphatic carbocycles. The molecule has 0 unspecified atom stereocenters. The van der Waals surface area contributed by atoms with Gasteiger partial charge < -0.3 is 15.0 Å². The first kappa shape index (κ1) is 15.4. The maximum atomic E-state index is 12.6. The van der Waals surface area contributed by atoms with Crippen LogP contribution in [0.4, 0.5) is 0 Å². The lowest BCUT2D eigenvalue weighted by atomic mass is 10.1. The van der Waals surface area contributed by atoms with Crippen molar-refractivity contribution in [2.45, 2.75) is 18.9 Å². The van der Waals surface area contributed by atoms with Gasteiger partial charge in [0.2, 0.25) is 5.88 Å². The van der Waals surface area contributed by atoms with Crippen molar-refractivity contribution in [3.8, 4) is 11.6 Å². The number of aromatic nitrogens is 2. The number of carbonyl (C=O) groups excluding carboxylic acids is 1. The Morgan fingerprint density at radius 2 is 2.22 bits per heavy atom. The van der Waals surface area contributed by atoms with E-state index in [1.54, 1.807) is 42.9 Å². The van der Waals surface area contributed by atoms with Gasteiger partial charge >= 0.3 is 0 Å². The Labute approximate surface area is 135 Å². The minimum Gasteiger partial charge on any atom is -0.437 e. The highest BCUT2D eigenvalue weighted by molar-refractivity contribution is 5.96. The molecular formula is C17H20N4O2. The lowest BCUT2D eigenvalue weighted by Crippen LogP contribution is -2.46. The van der Waals surface area contributed by atoms with Gasteiger partial charge in [-0.15, -0.1) is 0 Å². The van der Waals surface area contributed by atoms with E-state index in [1.807, 2.05) is 0 Å². The molecular weight excluding hydrogens is 292 g/mol. The third-order valence-corrected chi connectivity index (χ3v) is 3.82. The zero-order chi connectivity index (χ0) is 16.1. The molecule has 120 valence electrons. The fourth-order valence-corrected chi connectivity index (χ4v) is 2.71. The standard InChI is InChI=1S/C17H20N4O2/c1-21-10-4-5-13(12-21)20-16(22)15-7-3-9-19-17(15)23-14-6-2-8-18-11-14/h2-3,6-9,11,13H,4-5,10,12H2,1H3,(H,20,22)/t13-/m0/s1. The summed E-state index contributed by atoms with van der Waals surface area (Å²) in [4.78, 5) is 23.0. The quantitative estimate of drug-likeness (QED) is 0.936. The number of pyridine rings is 2. The van der Waals surface area contributed by atoms with Gasteiger partial charge in [-0.1, -0.05) is 0 Å². The second-order valence-corrected chi connectivity index (χ2v) is 5.72. The van der Waals surface area contributed by atoms with Crippen molar-refractivity contribution in [1.82, 2.24) is 20.2 Å². The first-order valence-electron chi connectivity index (χ1n) is 7.74. The van der Waals surface area contributed by atoms with E-state index in [2.05, 4.69) is 27.2 Å². The van der Waals surface area contributed by atoms with E-state index in [0.29, 0.717) is 17.2 Å². The van der Waals surface area contributed by atoms with Crippen molar-refractivity contribution < 1.29 is 9.53 Å². The average molecular weight is 312 g/mol. The maximum Gasteiger partial charge on any atom is 0.257 e. The van der Waals surface area contributed by atoms with Crippen molar-refractivity contribution >= 4 is 5.91 Å². The van der Waals surface area contributed by atoms with Crippen LogP contribution in [0.5, 0.6) is 11.6 Å². The van der Waals surface area contributed by atoms with Crippen LogP contribution in [0.3, 0.4) is 0 Å². The highest BCUT2D eigenvalue weighted by Crippen LogP contribution is 2.22. The molecule has 0 bridgehead atoms. The molecule has 3 heterocycles. The van der Waals surface area contributed by atoms with Crippen LogP contribution in [0.1, 0.15) is 23.2 Å². The summed E-state index contributed by atoms with van der Waals surface area (Å²) in [5.41, 5.74) is 0.435. The van der Waals surface area contributed by atoms with Gasteiger partial charge in [0, 0.05) is 25.0 Å².